The van der Waals surface area contributed by atoms with Gasteiger partial charge in [0, 0.05) is 5.56 Å². The molecule has 0 aliphatic heterocycles. The largest absolute Gasteiger partial charge is 0.419 e. The van der Waals surface area contributed by atoms with Gasteiger partial charge in [-0.15, -0.1) is 15.3 Å². The smallest absolute Gasteiger partial charge is 0.247 e. The Morgan fingerprint density at radius 2 is 2.00 bits per heavy atom. The van der Waals surface area contributed by atoms with Gasteiger partial charge in [-0.05, 0) is 22.6 Å². The minimum atomic E-state index is 0.368. The lowest BCUT2D eigenvalue weighted by Crippen LogP contribution is -2.00. The molecule has 0 radical (unpaired) electrons. The van der Waals surface area contributed by atoms with Crippen LogP contribution < -0.4 is 0 Å². The molecule has 0 spiro atoms. The summed E-state index contributed by atoms with van der Waals surface area (Å²) in [6.07, 6.45) is 1.49. The molecule has 1 aromatic carbocycles. The molecule has 2 heterocycles. The van der Waals surface area contributed by atoms with Crippen molar-refractivity contribution < 1.29 is 4.42 Å². The van der Waals surface area contributed by atoms with Gasteiger partial charge in [-0.25, -0.2) is 4.68 Å². The fraction of sp³-hybridized carbons (Fsp3) is 0.100. The molecule has 0 atom stereocenters. The van der Waals surface area contributed by atoms with E-state index in [0.29, 0.717) is 18.3 Å². The summed E-state index contributed by atoms with van der Waals surface area (Å²) in [5, 5.41) is 18.7. The average Bonchev–Trinajstić information content (AvgIpc) is 3.02. The Kier molecular flexibility index (Phi) is 2.34. The molecule has 0 bridgehead atoms. The van der Waals surface area contributed by atoms with Crippen molar-refractivity contribution in [1.29, 1.82) is 0 Å². The fourth-order valence-electron chi connectivity index (χ4n) is 1.41. The second kappa shape index (κ2) is 4.12. The second-order valence-electron chi connectivity index (χ2n) is 3.37. The molecule has 0 saturated carbocycles. The van der Waals surface area contributed by atoms with Gasteiger partial charge in [0.15, 0.2) is 0 Å². The maximum atomic E-state index is 5.50. The van der Waals surface area contributed by atoms with Crippen molar-refractivity contribution in [3.05, 3.63) is 42.5 Å². The summed E-state index contributed by atoms with van der Waals surface area (Å²) >= 11 is 0. The first-order chi connectivity index (χ1) is 8.42. The number of aromatic nitrogens is 6. The van der Waals surface area contributed by atoms with Gasteiger partial charge in [-0.2, -0.15) is 0 Å². The van der Waals surface area contributed by atoms with Crippen LogP contribution in [0.25, 0.3) is 11.5 Å². The topological polar surface area (TPSA) is 82.5 Å². The normalized spacial score (nSPS) is 10.6. The van der Waals surface area contributed by atoms with Gasteiger partial charge in [0.2, 0.25) is 11.8 Å². The monoisotopic (exact) mass is 228 g/mol. The van der Waals surface area contributed by atoms with Crippen LogP contribution in [0.1, 0.15) is 5.89 Å². The molecule has 0 unspecified atom stereocenters. The van der Waals surface area contributed by atoms with E-state index in [1.54, 1.807) is 0 Å². The summed E-state index contributed by atoms with van der Waals surface area (Å²) in [6, 6.07) is 9.59. The first kappa shape index (κ1) is 9.64. The molecule has 3 aromatic rings. The molecule has 0 saturated heterocycles. The van der Waals surface area contributed by atoms with Crippen LogP contribution in [-0.2, 0) is 6.54 Å². The molecular formula is C10H8N6O. The third kappa shape index (κ3) is 2.03. The number of hydrogen-bond acceptors (Lipinski definition) is 6. The van der Waals surface area contributed by atoms with Crippen LogP contribution in [0.5, 0.6) is 0 Å². The van der Waals surface area contributed by atoms with E-state index < -0.39 is 0 Å². The van der Waals surface area contributed by atoms with E-state index in [2.05, 4.69) is 25.7 Å². The molecule has 0 fully saturated rings. The summed E-state index contributed by atoms with van der Waals surface area (Å²) in [4.78, 5) is 0. The molecule has 0 aliphatic carbocycles. The Balaban J connectivity index is 1.84. The van der Waals surface area contributed by atoms with Gasteiger partial charge in [-0.3, -0.25) is 0 Å². The van der Waals surface area contributed by atoms with E-state index in [1.165, 1.54) is 11.0 Å². The third-order valence-electron chi connectivity index (χ3n) is 2.18. The lowest BCUT2D eigenvalue weighted by molar-refractivity contribution is 0.469. The van der Waals surface area contributed by atoms with Crippen molar-refractivity contribution in [2.45, 2.75) is 6.54 Å². The Labute approximate surface area is 96.1 Å². The quantitative estimate of drug-likeness (QED) is 0.658. The summed E-state index contributed by atoms with van der Waals surface area (Å²) in [6.45, 7) is 0.368. The molecule has 0 aliphatic rings. The Bertz CT molecular complexity index is 588. The highest BCUT2D eigenvalue weighted by molar-refractivity contribution is 5.51. The molecule has 0 N–H and O–H groups in total. The predicted octanol–water partition coefficient (Wildman–Crippen LogP) is 0.771. The van der Waals surface area contributed by atoms with Crippen LogP contribution in [-0.4, -0.2) is 30.4 Å². The number of rotatable bonds is 3. The predicted molar refractivity (Wildman–Crippen MR) is 56.7 cm³/mol. The maximum Gasteiger partial charge on any atom is 0.247 e. The Morgan fingerprint density at radius 1 is 1.12 bits per heavy atom. The van der Waals surface area contributed by atoms with E-state index in [-0.39, 0.29) is 0 Å². The number of hydrogen-bond donors (Lipinski definition) is 0. The molecule has 7 heteroatoms. The van der Waals surface area contributed by atoms with Gasteiger partial charge in [0.1, 0.15) is 12.9 Å². The highest BCUT2D eigenvalue weighted by atomic mass is 16.4. The SMILES string of the molecule is c1ccc(-c2nnc(Cn3cnnn3)o2)cc1. The summed E-state index contributed by atoms with van der Waals surface area (Å²) < 4.78 is 7.02. The number of benzene rings is 1. The van der Waals surface area contributed by atoms with Gasteiger partial charge < -0.3 is 4.42 Å². The summed E-state index contributed by atoms with van der Waals surface area (Å²) in [7, 11) is 0. The van der Waals surface area contributed by atoms with E-state index in [1.807, 2.05) is 30.3 Å². The number of tetrazole rings is 1. The number of nitrogens with zero attached hydrogens (tertiary/aromatic N) is 6. The zero-order valence-electron chi connectivity index (χ0n) is 8.76. The van der Waals surface area contributed by atoms with E-state index in [0.717, 1.165) is 5.56 Å². The minimum absolute atomic E-state index is 0.368. The van der Waals surface area contributed by atoms with Crippen molar-refractivity contribution in [2.75, 3.05) is 0 Å². The van der Waals surface area contributed by atoms with E-state index in [4.69, 9.17) is 4.42 Å². The lowest BCUT2D eigenvalue weighted by Gasteiger charge is -1.93. The second-order valence-corrected chi connectivity index (χ2v) is 3.37. The van der Waals surface area contributed by atoms with Crippen LogP contribution in [0.4, 0.5) is 0 Å². The first-order valence-corrected chi connectivity index (χ1v) is 5.00. The van der Waals surface area contributed by atoms with Crippen molar-refractivity contribution in [1.82, 2.24) is 30.4 Å². The van der Waals surface area contributed by atoms with Crippen LogP contribution in [0, 0.1) is 0 Å². The van der Waals surface area contributed by atoms with Crippen LogP contribution in [0.3, 0.4) is 0 Å². The molecule has 3 rings (SSSR count). The molecular weight excluding hydrogens is 220 g/mol. The van der Waals surface area contributed by atoms with Gasteiger partial charge in [0.25, 0.3) is 0 Å². The zero-order chi connectivity index (χ0) is 11.5. The average molecular weight is 228 g/mol. The Hall–Kier alpha value is -2.57. The van der Waals surface area contributed by atoms with E-state index in [9.17, 15) is 0 Å². The zero-order valence-corrected chi connectivity index (χ0v) is 8.76. The minimum Gasteiger partial charge on any atom is -0.419 e. The van der Waals surface area contributed by atoms with Crippen molar-refractivity contribution >= 4 is 0 Å². The highest BCUT2D eigenvalue weighted by Gasteiger charge is 2.08. The third-order valence-corrected chi connectivity index (χ3v) is 2.18. The lowest BCUT2D eigenvalue weighted by atomic mass is 10.2. The van der Waals surface area contributed by atoms with Crippen molar-refractivity contribution in [3.63, 3.8) is 0 Å². The maximum absolute atomic E-state index is 5.50. The Morgan fingerprint density at radius 3 is 2.76 bits per heavy atom. The van der Waals surface area contributed by atoms with Crippen LogP contribution in [0.15, 0.2) is 41.1 Å². The molecule has 17 heavy (non-hydrogen) atoms. The van der Waals surface area contributed by atoms with Gasteiger partial charge in [0.05, 0.1) is 0 Å². The molecule has 2 aromatic heterocycles. The molecule has 0 amide bonds. The van der Waals surface area contributed by atoms with Crippen LogP contribution >= 0.6 is 0 Å². The first-order valence-electron chi connectivity index (χ1n) is 5.00. The standard InChI is InChI=1S/C10H8N6O/c1-2-4-8(5-3-1)10-13-12-9(17-10)6-16-7-11-14-15-16/h1-5,7H,6H2. The molecule has 7 nitrogen and oxygen atoms in total. The fourth-order valence-corrected chi connectivity index (χ4v) is 1.41. The molecule has 84 valence electrons. The highest BCUT2D eigenvalue weighted by Crippen LogP contribution is 2.16. The summed E-state index contributed by atoms with van der Waals surface area (Å²) in [5.74, 6) is 0.963. The van der Waals surface area contributed by atoms with Gasteiger partial charge in [-0.1, -0.05) is 18.2 Å². The van der Waals surface area contributed by atoms with Crippen molar-refractivity contribution in [2.24, 2.45) is 0 Å². The van der Waals surface area contributed by atoms with Gasteiger partial charge >= 0.3 is 0 Å². The van der Waals surface area contributed by atoms with E-state index >= 15 is 0 Å². The van der Waals surface area contributed by atoms with Crippen LogP contribution in [0.2, 0.25) is 0 Å². The van der Waals surface area contributed by atoms with Crippen molar-refractivity contribution in [3.8, 4) is 11.5 Å². The summed E-state index contributed by atoms with van der Waals surface area (Å²) in [5.41, 5.74) is 0.892.